The van der Waals surface area contributed by atoms with Crippen LogP contribution in [0.15, 0.2) is 18.3 Å². The molecule has 0 aliphatic heterocycles. The molecule has 0 aromatic carbocycles. The van der Waals surface area contributed by atoms with Crippen molar-refractivity contribution in [3.63, 3.8) is 0 Å². The molecular weight excluding hydrogens is 288 g/mol. The van der Waals surface area contributed by atoms with Gasteiger partial charge >= 0.3 is 0 Å². The van der Waals surface area contributed by atoms with Gasteiger partial charge in [-0.05, 0) is 26.3 Å². The zero-order valence-electron chi connectivity index (χ0n) is 11.1. The molecule has 1 heterocycles. The molecule has 1 aromatic rings. The number of rotatable bonds is 8. The number of hydrogen-bond acceptors (Lipinski definition) is 4. The van der Waals surface area contributed by atoms with Crippen molar-refractivity contribution in [1.82, 2.24) is 9.71 Å². The largest absolute Gasteiger partial charge is 0.475 e. The number of aromatic nitrogens is 1. The Morgan fingerprint density at radius 3 is 2.84 bits per heavy atom. The predicted molar refractivity (Wildman–Crippen MR) is 76.0 cm³/mol. The summed E-state index contributed by atoms with van der Waals surface area (Å²) in [5, 5.41) is 0. The molecule has 1 rings (SSSR count). The molecule has 0 saturated heterocycles. The van der Waals surface area contributed by atoms with E-state index in [1.807, 2.05) is 13.8 Å². The third-order valence-electron chi connectivity index (χ3n) is 2.23. The van der Waals surface area contributed by atoms with Crippen molar-refractivity contribution in [2.75, 3.05) is 11.6 Å². The average molecular weight is 307 g/mol. The van der Waals surface area contributed by atoms with Crippen LogP contribution >= 0.6 is 11.6 Å². The predicted octanol–water partition coefficient (Wildman–Crippen LogP) is 1.92. The normalized spacial score (nSPS) is 11.8. The van der Waals surface area contributed by atoms with Crippen molar-refractivity contribution in [2.45, 2.75) is 32.9 Å². The molecule has 7 heteroatoms. The molecule has 0 spiro atoms. The Hall–Kier alpha value is -0.850. The lowest BCUT2D eigenvalue weighted by atomic mass is 10.3. The van der Waals surface area contributed by atoms with Crippen LogP contribution in [0.3, 0.4) is 0 Å². The van der Waals surface area contributed by atoms with E-state index in [9.17, 15) is 8.42 Å². The first-order chi connectivity index (χ1) is 8.94. The van der Waals surface area contributed by atoms with Crippen LogP contribution in [0, 0.1) is 0 Å². The van der Waals surface area contributed by atoms with E-state index in [-0.39, 0.29) is 18.4 Å². The van der Waals surface area contributed by atoms with Crippen molar-refractivity contribution in [3.8, 4) is 5.88 Å². The molecule has 0 amide bonds. The zero-order chi connectivity index (χ0) is 14.3. The maximum absolute atomic E-state index is 11.7. The molecule has 19 heavy (non-hydrogen) atoms. The molecule has 0 aliphatic rings. The summed E-state index contributed by atoms with van der Waals surface area (Å²) in [5.41, 5.74) is 0.714. The molecule has 0 unspecified atom stereocenters. The maximum atomic E-state index is 11.7. The molecule has 0 saturated carbocycles. The Bertz CT molecular complexity index is 492. The van der Waals surface area contributed by atoms with Crippen LogP contribution in [0.5, 0.6) is 5.88 Å². The summed E-state index contributed by atoms with van der Waals surface area (Å²) >= 11 is 5.49. The topological polar surface area (TPSA) is 68.3 Å². The summed E-state index contributed by atoms with van der Waals surface area (Å²) in [6.07, 6.45) is 2.03. The second kappa shape index (κ2) is 7.67. The van der Waals surface area contributed by atoms with E-state index in [4.69, 9.17) is 16.3 Å². The summed E-state index contributed by atoms with van der Waals surface area (Å²) in [6, 6.07) is 3.53. The number of ether oxygens (including phenoxy) is 1. The number of nitrogens with zero attached hydrogens (tertiary/aromatic N) is 1. The number of sulfonamides is 1. The molecular formula is C12H19ClN2O3S. The number of pyridine rings is 1. The molecule has 5 nitrogen and oxygen atoms in total. The average Bonchev–Trinajstić information content (AvgIpc) is 2.35. The third-order valence-corrected chi connectivity index (χ3v) is 3.90. The quantitative estimate of drug-likeness (QED) is 0.745. The second-order valence-electron chi connectivity index (χ2n) is 4.32. The first kappa shape index (κ1) is 16.2. The smallest absolute Gasteiger partial charge is 0.218 e. The highest BCUT2D eigenvalue weighted by Crippen LogP contribution is 2.15. The van der Waals surface area contributed by atoms with E-state index >= 15 is 0 Å². The summed E-state index contributed by atoms with van der Waals surface area (Å²) in [5.74, 6) is 0.810. The SMILES string of the molecule is CC(C)Oc1ncccc1CNS(=O)(=O)CCCCl. The minimum atomic E-state index is -3.30. The number of nitrogens with one attached hydrogen (secondary N) is 1. The van der Waals surface area contributed by atoms with Gasteiger partial charge in [-0.15, -0.1) is 11.6 Å². The lowest BCUT2D eigenvalue weighted by Crippen LogP contribution is -2.26. The summed E-state index contributed by atoms with van der Waals surface area (Å²) in [6.45, 7) is 3.95. The lowest BCUT2D eigenvalue weighted by Gasteiger charge is -2.13. The standard InChI is InChI=1S/C12H19ClN2O3S/c1-10(2)18-12-11(5-3-7-14-12)9-15-19(16,17)8-4-6-13/h3,5,7,10,15H,4,6,8-9H2,1-2H3. The number of alkyl halides is 1. The minimum absolute atomic E-state index is 0.0125. The molecule has 0 aliphatic carbocycles. The molecule has 0 atom stereocenters. The highest BCUT2D eigenvalue weighted by atomic mass is 35.5. The summed E-state index contributed by atoms with van der Waals surface area (Å²) in [7, 11) is -3.30. The van der Waals surface area contributed by atoms with Gasteiger partial charge < -0.3 is 4.74 Å². The fourth-order valence-corrected chi connectivity index (χ4v) is 2.73. The van der Waals surface area contributed by atoms with Crippen LogP contribution in [-0.4, -0.2) is 31.1 Å². The third kappa shape index (κ3) is 6.22. The van der Waals surface area contributed by atoms with Crippen LogP contribution in [0.25, 0.3) is 0 Å². The van der Waals surface area contributed by atoms with Gasteiger partial charge in [-0.25, -0.2) is 18.1 Å². The Morgan fingerprint density at radius 1 is 1.47 bits per heavy atom. The van der Waals surface area contributed by atoms with Gasteiger partial charge in [-0.2, -0.15) is 0 Å². The van der Waals surface area contributed by atoms with Crippen LogP contribution in [0.1, 0.15) is 25.8 Å². The number of halogens is 1. The van der Waals surface area contributed by atoms with E-state index in [1.165, 1.54) is 0 Å². The van der Waals surface area contributed by atoms with E-state index in [2.05, 4.69) is 9.71 Å². The Labute approximate surface area is 119 Å². The van der Waals surface area contributed by atoms with E-state index in [0.717, 1.165) is 0 Å². The van der Waals surface area contributed by atoms with Gasteiger partial charge in [0, 0.05) is 24.2 Å². The van der Waals surface area contributed by atoms with Crippen molar-refractivity contribution < 1.29 is 13.2 Å². The molecule has 1 aromatic heterocycles. The Balaban J connectivity index is 2.67. The highest BCUT2D eigenvalue weighted by molar-refractivity contribution is 7.89. The highest BCUT2D eigenvalue weighted by Gasteiger charge is 2.12. The van der Waals surface area contributed by atoms with E-state index in [0.29, 0.717) is 23.7 Å². The minimum Gasteiger partial charge on any atom is -0.475 e. The zero-order valence-corrected chi connectivity index (χ0v) is 12.7. The molecule has 1 N–H and O–H groups in total. The monoisotopic (exact) mass is 306 g/mol. The maximum Gasteiger partial charge on any atom is 0.218 e. The number of hydrogen-bond donors (Lipinski definition) is 1. The first-order valence-corrected chi connectivity index (χ1v) is 8.27. The van der Waals surface area contributed by atoms with Gasteiger partial charge in [0.25, 0.3) is 0 Å². The second-order valence-corrected chi connectivity index (χ2v) is 6.62. The summed E-state index contributed by atoms with van der Waals surface area (Å²) < 4.78 is 31.4. The van der Waals surface area contributed by atoms with E-state index in [1.54, 1.807) is 18.3 Å². The molecule has 108 valence electrons. The fourth-order valence-electron chi connectivity index (χ4n) is 1.39. The molecule has 0 bridgehead atoms. The molecule has 0 fully saturated rings. The van der Waals surface area contributed by atoms with Gasteiger partial charge in [-0.1, -0.05) is 6.07 Å². The van der Waals surface area contributed by atoms with Crippen LogP contribution < -0.4 is 9.46 Å². The van der Waals surface area contributed by atoms with Gasteiger partial charge in [0.2, 0.25) is 15.9 Å². The Morgan fingerprint density at radius 2 is 2.21 bits per heavy atom. The van der Waals surface area contributed by atoms with Gasteiger partial charge in [0.15, 0.2) is 0 Å². The molecule has 0 radical (unpaired) electrons. The first-order valence-electron chi connectivity index (χ1n) is 6.08. The van der Waals surface area contributed by atoms with Gasteiger partial charge in [-0.3, -0.25) is 0 Å². The van der Waals surface area contributed by atoms with Gasteiger partial charge in [0.1, 0.15) is 0 Å². The van der Waals surface area contributed by atoms with Crippen LogP contribution in [-0.2, 0) is 16.6 Å². The lowest BCUT2D eigenvalue weighted by molar-refractivity contribution is 0.230. The van der Waals surface area contributed by atoms with E-state index < -0.39 is 10.0 Å². The summed E-state index contributed by atoms with van der Waals surface area (Å²) in [4.78, 5) is 4.10. The Kier molecular flexibility index (Phi) is 6.54. The van der Waals surface area contributed by atoms with Crippen molar-refractivity contribution >= 4 is 21.6 Å². The van der Waals surface area contributed by atoms with Crippen molar-refractivity contribution in [2.24, 2.45) is 0 Å². The van der Waals surface area contributed by atoms with Crippen molar-refractivity contribution in [1.29, 1.82) is 0 Å². The van der Waals surface area contributed by atoms with Crippen LogP contribution in [0.4, 0.5) is 0 Å². The van der Waals surface area contributed by atoms with Gasteiger partial charge in [0.05, 0.1) is 11.9 Å². The fraction of sp³-hybridized carbons (Fsp3) is 0.583. The van der Waals surface area contributed by atoms with Crippen molar-refractivity contribution in [3.05, 3.63) is 23.9 Å². The van der Waals surface area contributed by atoms with Crippen LogP contribution in [0.2, 0.25) is 0 Å².